The lowest BCUT2D eigenvalue weighted by molar-refractivity contribution is -0.348. The van der Waals surface area contributed by atoms with Crippen LogP contribution in [0.25, 0.3) is 0 Å². The average molecular weight is 593 g/mol. The standard InChI is InChI=1S/2C13H20O2.2C4H8O.2CH4/c2*1-13(2,3)15-14-11-7-10-12-8-5-4-6-9-12;2*1-2-4-5-3-1;;/h2*4-6,8-9H,7,10-11H2,1-3H3;2*1-4H2;2*1H4. The molecule has 0 aliphatic carbocycles. The van der Waals surface area contributed by atoms with E-state index < -0.39 is 0 Å². The fourth-order valence-corrected chi connectivity index (χ4v) is 3.42. The van der Waals surface area contributed by atoms with Crippen LogP contribution in [0.5, 0.6) is 0 Å². The van der Waals surface area contributed by atoms with E-state index in [4.69, 9.17) is 29.0 Å². The highest BCUT2D eigenvalue weighted by molar-refractivity contribution is 5.15. The minimum atomic E-state index is -0.216. The summed E-state index contributed by atoms with van der Waals surface area (Å²) in [6.07, 6.45) is 9.16. The lowest BCUT2D eigenvalue weighted by Crippen LogP contribution is -2.19. The summed E-state index contributed by atoms with van der Waals surface area (Å²) in [5.41, 5.74) is 2.26. The van der Waals surface area contributed by atoms with Crippen molar-refractivity contribution in [3.63, 3.8) is 0 Å². The molecule has 2 aliphatic rings. The van der Waals surface area contributed by atoms with Gasteiger partial charge in [-0.05, 0) is 104 Å². The second-order valence-corrected chi connectivity index (χ2v) is 11.9. The van der Waals surface area contributed by atoms with Gasteiger partial charge in [0.2, 0.25) is 0 Å². The van der Waals surface area contributed by atoms with E-state index in [1.165, 1.54) is 36.8 Å². The van der Waals surface area contributed by atoms with Gasteiger partial charge in [0.15, 0.2) is 0 Å². The van der Waals surface area contributed by atoms with Gasteiger partial charge in [-0.15, -0.1) is 0 Å². The van der Waals surface area contributed by atoms with Gasteiger partial charge in [-0.2, -0.15) is 0 Å². The summed E-state index contributed by atoms with van der Waals surface area (Å²) in [6, 6.07) is 20.8. The molecule has 0 unspecified atom stereocenters. The number of hydrogen-bond acceptors (Lipinski definition) is 6. The molecule has 2 saturated heterocycles. The summed E-state index contributed by atoms with van der Waals surface area (Å²) in [6.45, 7) is 17.1. The molecule has 42 heavy (non-hydrogen) atoms. The highest BCUT2D eigenvalue weighted by Crippen LogP contribution is 2.09. The van der Waals surface area contributed by atoms with Crippen LogP contribution in [-0.4, -0.2) is 50.8 Å². The van der Waals surface area contributed by atoms with Crippen LogP contribution in [0.1, 0.15) is 106 Å². The summed E-state index contributed by atoms with van der Waals surface area (Å²) in [4.78, 5) is 20.6. The molecule has 0 N–H and O–H groups in total. The van der Waals surface area contributed by atoms with Crippen LogP contribution in [0.4, 0.5) is 0 Å². The predicted octanol–water partition coefficient (Wildman–Crippen LogP) is 9.60. The van der Waals surface area contributed by atoms with E-state index in [0.717, 1.165) is 52.1 Å². The van der Waals surface area contributed by atoms with Crippen LogP contribution in [0.15, 0.2) is 60.7 Å². The van der Waals surface area contributed by atoms with E-state index in [1.807, 2.05) is 53.7 Å². The van der Waals surface area contributed by atoms with Gasteiger partial charge in [0.1, 0.15) is 0 Å². The third kappa shape index (κ3) is 29.7. The number of rotatable bonds is 10. The molecule has 2 aromatic carbocycles. The number of benzene rings is 2. The zero-order valence-electron chi connectivity index (χ0n) is 26.1. The summed E-state index contributed by atoms with van der Waals surface area (Å²) in [5.74, 6) is 0. The Morgan fingerprint density at radius 2 is 0.833 bits per heavy atom. The maximum atomic E-state index is 5.17. The molecule has 244 valence electrons. The van der Waals surface area contributed by atoms with Gasteiger partial charge in [0.25, 0.3) is 0 Å². The van der Waals surface area contributed by atoms with Crippen molar-refractivity contribution in [1.82, 2.24) is 0 Å². The Morgan fingerprint density at radius 3 is 1.07 bits per heavy atom. The molecule has 0 amide bonds. The molecule has 2 aromatic rings. The van der Waals surface area contributed by atoms with Crippen LogP contribution in [0.3, 0.4) is 0 Å². The van der Waals surface area contributed by atoms with Crippen molar-refractivity contribution in [2.24, 2.45) is 0 Å². The van der Waals surface area contributed by atoms with Gasteiger partial charge < -0.3 is 9.47 Å². The molecule has 2 aliphatic heterocycles. The summed E-state index contributed by atoms with van der Waals surface area (Å²) in [5, 5.41) is 0. The predicted molar refractivity (Wildman–Crippen MR) is 177 cm³/mol. The average Bonchev–Trinajstić information content (AvgIpc) is 3.69. The largest absolute Gasteiger partial charge is 0.381 e. The molecular weight excluding hydrogens is 528 g/mol. The highest BCUT2D eigenvalue weighted by Gasteiger charge is 2.11. The van der Waals surface area contributed by atoms with E-state index in [0.29, 0.717) is 13.2 Å². The Morgan fingerprint density at radius 1 is 0.524 bits per heavy atom. The third-order valence-corrected chi connectivity index (χ3v) is 5.34. The zero-order valence-corrected chi connectivity index (χ0v) is 26.1. The van der Waals surface area contributed by atoms with E-state index in [9.17, 15) is 0 Å². The first kappa shape index (κ1) is 42.3. The Balaban J connectivity index is 0. The first-order valence-electron chi connectivity index (χ1n) is 15.0. The highest BCUT2D eigenvalue weighted by atomic mass is 17.2. The molecule has 6 nitrogen and oxygen atoms in total. The van der Waals surface area contributed by atoms with E-state index >= 15 is 0 Å². The number of hydrogen-bond donors (Lipinski definition) is 0. The summed E-state index contributed by atoms with van der Waals surface area (Å²) >= 11 is 0. The normalized spacial score (nSPS) is 14.0. The van der Waals surface area contributed by atoms with Crippen molar-refractivity contribution >= 4 is 0 Å². The summed E-state index contributed by atoms with van der Waals surface area (Å²) in [7, 11) is 0. The Kier molecular flexibility index (Phi) is 27.0. The second kappa shape index (κ2) is 26.8. The second-order valence-electron chi connectivity index (χ2n) is 11.9. The smallest absolute Gasteiger partial charge is 0.0952 e. The lowest BCUT2D eigenvalue weighted by atomic mass is 10.1. The van der Waals surface area contributed by atoms with Crippen molar-refractivity contribution in [2.75, 3.05) is 39.6 Å². The van der Waals surface area contributed by atoms with Crippen LogP contribution in [0.2, 0.25) is 0 Å². The van der Waals surface area contributed by atoms with Crippen molar-refractivity contribution in [2.45, 2.75) is 119 Å². The van der Waals surface area contributed by atoms with Gasteiger partial charge >= 0.3 is 0 Å². The monoisotopic (exact) mass is 592 g/mol. The van der Waals surface area contributed by atoms with Gasteiger partial charge in [0, 0.05) is 26.4 Å². The quantitative estimate of drug-likeness (QED) is 0.156. The SMILES string of the molecule is C.C.C1CCOC1.C1CCOC1.CC(C)(C)OOCCCc1ccccc1.CC(C)(C)OOCCCc1ccccc1. The van der Waals surface area contributed by atoms with Gasteiger partial charge in [-0.3, -0.25) is 0 Å². The Labute approximate surface area is 259 Å². The van der Waals surface area contributed by atoms with Crippen molar-refractivity contribution in [3.8, 4) is 0 Å². The zero-order chi connectivity index (χ0) is 29.4. The molecule has 0 spiro atoms. The van der Waals surface area contributed by atoms with Crippen LogP contribution in [0, 0.1) is 0 Å². The molecule has 2 heterocycles. The Hall–Kier alpha value is -1.80. The minimum Gasteiger partial charge on any atom is -0.381 e. The van der Waals surface area contributed by atoms with Crippen LogP contribution < -0.4 is 0 Å². The fourth-order valence-electron chi connectivity index (χ4n) is 3.42. The molecule has 2 fully saturated rings. The van der Waals surface area contributed by atoms with Gasteiger partial charge in [-0.1, -0.05) is 75.5 Å². The lowest BCUT2D eigenvalue weighted by Gasteiger charge is -2.17. The molecular formula is C36H64O6. The molecule has 0 atom stereocenters. The first-order chi connectivity index (χ1) is 19.2. The fraction of sp³-hybridized carbons (Fsp3) is 0.667. The number of ether oxygens (including phenoxy) is 2. The van der Waals surface area contributed by atoms with Crippen LogP contribution in [-0.2, 0) is 41.9 Å². The first-order valence-corrected chi connectivity index (χ1v) is 15.0. The topological polar surface area (TPSA) is 55.4 Å². The number of aryl methyl sites for hydroxylation is 2. The van der Waals surface area contributed by atoms with Crippen molar-refractivity contribution in [1.29, 1.82) is 0 Å². The summed E-state index contributed by atoms with van der Waals surface area (Å²) < 4.78 is 9.89. The van der Waals surface area contributed by atoms with Gasteiger partial charge in [-0.25, -0.2) is 19.6 Å². The van der Waals surface area contributed by atoms with Crippen molar-refractivity contribution < 1.29 is 29.0 Å². The molecule has 0 aromatic heterocycles. The minimum absolute atomic E-state index is 0. The molecule has 4 rings (SSSR count). The molecule has 0 saturated carbocycles. The maximum absolute atomic E-state index is 5.17. The van der Waals surface area contributed by atoms with Crippen molar-refractivity contribution in [3.05, 3.63) is 71.8 Å². The molecule has 0 radical (unpaired) electrons. The third-order valence-electron chi connectivity index (χ3n) is 5.34. The molecule has 6 heteroatoms. The van der Waals surface area contributed by atoms with E-state index in [2.05, 4.69) is 48.5 Å². The Bertz CT molecular complexity index is 706. The van der Waals surface area contributed by atoms with E-state index in [-0.39, 0.29) is 26.1 Å². The van der Waals surface area contributed by atoms with Gasteiger partial charge in [0.05, 0.1) is 24.4 Å². The van der Waals surface area contributed by atoms with Crippen LogP contribution >= 0.6 is 0 Å². The maximum Gasteiger partial charge on any atom is 0.0952 e. The van der Waals surface area contributed by atoms with E-state index in [1.54, 1.807) is 0 Å². The molecule has 0 bridgehead atoms.